The van der Waals surface area contributed by atoms with Gasteiger partial charge < -0.3 is 19.7 Å². The summed E-state index contributed by atoms with van der Waals surface area (Å²) in [5.41, 5.74) is 6.04. The number of benzene rings is 2. The van der Waals surface area contributed by atoms with Crippen LogP contribution in [0.4, 0.5) is 0 Å². The number of aliphatic hydroxyl groups excluding tert-OH is 1. The fourth-order valence-electron chi connectivity index (χ4n) is 3.14. The van der Waals surface area contributed by atoms with Gasteiger partial charge in [0.1, 0.15) is 11.5 Å². The first-order valence-electron chi connectivity index (χ1n) is 8.55. The first kappa shape index (κ1) is 19.3. The molecule has 0 amide bonds. The molecule has 2 aromatic rings. The Hall–Kier alpha value is -2.04. The number of methoxy groups -OCH3 is 1. The Bertz CT molecular complexity index is 735. The van der Waals surface area contributed by atoms with Gasteiger partial charge in [0.05, 0.1) is 6.61 Å². The van der Waals surface area contributed by atoms with Crippen LogP contribution in [0, 0.1) is 13.8 Å². The molecule has 4 nitrogen and oxygen atoms in total. The van der Waals surface area contributed by atoms with E-state index in [-0.39, 0.29) is 19.1 Å². The summed E-state index contributed by atoms with van der Waals surface area (Å²) >= 11 is 0. The van der Waals surface area contributed by atoms with Crippen LogP contribution in [0.3, 0.4) is 0 Å². The van der Waals surface area contributed by atoms with Crippen molar-refractivity contribution in [1.82, 2.24) is 0 Å². The third-order valence-corrected chi connectivity index (χ3v) is 4.61. The maximum Gasteiger partial charge on any atom is 0.188 e. The van der Waals surface area contributed by atoms with Crippen LogP contribution in [-0.2, 0) is 17.8 Å². The van der Waals surface area contributed by atoms with Crippen molar-refractivity contribution in [3.05, 3.63) is 57.6 Å². The van der Waals surface area contributed by atoms with Gasteiger partial charge in [-0.25, -0.2) is 0 Å². The highest BCUT2D eigenvalue weighted by atomic mass is 16.7. The van der Waals surface area contributed by atoms with Gasteiger partial charge in [0, 0.05) is 12.7 Å². The number of hydrogen-bond donors (Lipinski definition) is 2. The summed E-state index contributed by atoms with van der Waals surface area (Å²) in [4.78, 5) is 0. The third kappa shape index (κ3) is 4.33. The van der Waals surface area contributed by atoms with Crippen LogP contribution < -0.4 is 4.74 Å². The lowest BCUT2D eigenvalue weighted by Gasteiger charge is -2.18. The second-order valence-electron chi connectivity index (χ2n) is 6.71. The zero-order valence-corrected chi connectivity index (χ0v) is 15.7. The van der Waals surface area contributed by atoms with E-state index in [0.29, 0.717) is 11.5 Å². The van der Waals surface area contributed by atoms with Gasteiger partial charge in [0.15, 0.2) is 6.79 Å². The predicted octanol–water partition coefficient (Wildman–Crippen LogP) is 4.20. The van der Waals surface area contributed by atoms with Crippen LogP contribution in [0.1, 0.15) is 53.1 Å². The molecular weight excluding hydrogens is 316 g/mol. The summed E-state index contributed by atoms with van der Waals surface area (Å²) in [6.45, 7) is 8.29. The van der Waals surface area contributed by atoms with E-state index < -0.39 is 0 Å². The minimum Gasteiger partial charge on any atom is -0.508 e. The molecule has 0 unspecified atom stereocenters. The number of rotatable bonds is 7. The van der Waals surface area contributed by atoms with Crippen molar-refractivity contribution in [2.24, 2.45) is 0 Å². The second kappa shape index (κ2) is 8.37. The summed E-state index contributed by atoms with van der Waals surface area (Å²) in [5.74, 6) is 1.34. The van der Waals surface area contributed by atoms with Gasteiger partial charge in [-0.2, -0.15) is 0 Å². The SMILES string of the molecule is COCOc1ccc(Cc2c(C)cc(O)c(CO)c2C)cc1C(C)C. The van der Waals surface area contributed by atoms with Crippen LogP contribution in [0.2, 0.25) is 0 Å². The van der Waals surface area contributed by atoms with Crippen molar-refractivity contribution in [3.8, 4) is 11.5 Å². The normalized spacial score (nSPS) is 11.2. The number of phenols is 1. The third-order valence-electron chi connectivity index (χ3n) is 4.61. The molecule has 0 aromatic heterocycles. The van der Waals surface area contributed by atoms with Gasteiger partial charge in [-0.15, -0.1) is 0 Å². The Kier molecular flexibility index (Phi) is 6.45. The Morgan fingerprint density at radius 3 is 2.40 bits per heavy atom. The standard InChI is InChI=1S/C21H28O4/c1-13(2)17-9-16(6-7-21(17)25-12-24-5)10-18-14(3)8-20(23)19(11-22)15(18)4/h6-9,13,22-23H,10-12H2,1-5H3. The fourth-order valence-corrected chi connectivity index (χ4v) is 3.14. The van der Waals surface area contributed by atoms with Crippen molar-refractivity contribution in [2.75, 3.05) is 13.9 Å². The molecule has 0 aliphatic heterocycles. The predicted molar refractivity (Wildman–Crippen MR) is 99.3 cm³/mol. The topological polar surface area (TPSA) is 58.9 Å². The van der Waals surface area contributed by atoms with Gasteiger partial charge in [0.2, 0.25) is 0 Å². The number of aryl methyl sites for hydroxylation is 1. The molecule has 0 aliphatic carbocycles. The Labute approximate surface area is 150 Å². The molecule has 0 bridgehead atoms. The maximum atomic E-state index is 10.0. The molecule has 2 rings (SSSR count). The number of aromatic hydroxyl groups is 1. The summed E-state index contributed by atoms with van der Waals surface area (Å²) in [6, 6.07) is 7.94. The van der Waals surface area contributed by atoms with Gasteiger partial charge in [0.25, 0.3) is 0 Å². The van der Waals surface area contributed by atoms with Crippen LogP contribution in [-0.4, -0.2) is 24.1 Å². The largest absolute Gasteiger partial charge is 0.508 e. The Morgan fingerprint density at radius 1 is 1.08 bits per heavy atom. The molecule has 25 heavy (non-hydrogen) atoms. The van der Waals surface area contributed by atoms with E-state index in [1.807, 2.05) is 19.9 Å². The highest BCUT2D eigenvalue weighted by Crippen LogP contribution is 2.32. The van der Waals surface area contributed by atoms with Gasteiger partial charge in [-0.1, -0.05) is 26.0 Å². The maximum absolute atomic E-state index is 10.0. The van der Waals surface area contributed by atoms with Crippen molar-refractivity contribution < 1.29 is 19.7 Å². The average Bonchev–Trinajstić information content (AvgIpc) is 2.57. The summed E-state index contributed by atoms with van der Waals surface area (Å²) < 4.78 is 10.7. The van der Waals surface area contributed by atoms with Gasteiger partial charge >= 0.3 is 0 Å². The molecule has 0 fully saturated rings. The van der Waals surface area contributed by atoms with E-state index >= 15 is 0 Å². The first-order valence-corrected chi connectivity index (χ1v) is 8.55. The molecule has 0 spiro atoms. The molecule has 0 atom stereocenters. The van der Waals surface area contributed by atoms with Gasteiger partial charge in [-0.3, -0.25) is 0 Å². The average molecular weight is 344 g/mol. The van der Waals surface area contributed by atoms with Crippen molar-refractivity contribution >= 4 is 0 Å². The van der Waals surface area contributed by atoms with Gasteiger partial charge in [-0.05, 0) is 66.1 Å². The zero-order chi connectivity index (χ0) is 18.6. The number of aliphatic hydroxyl groups is 1. The molecule has 4 heteroatoms. The van der Waals surface area contributed by atoms with E-state index in [4.69, 9.17) is 9.47 Å². The summed E-state index contributed by atoms with van der Waals surface area (Å²) in [6.07, 6.45) is 0.745. The van der Waals surface area contributed by atoms with E-state index in [1.165, 1.54) is 5.56 Å². The molecule has 2 N–H and O–H groups in total. The minimum atomic E-state index is -0.161. The number of hydrogen-bond acceptors (Lipinski definition) is 4. The van der Waals surface area contributed by atoms with E-state index in [9.17, 15) is 10.2 Å². The van der Waals surface area contributed by atoms with E-state index in [0.717, 1.165) is 34.4 Å². The molecule has 0 heterocycles. The van der Waals surface area contributed by atoms with Crippen LogP contribution in [0.25, 0.3) is 0 Å². The van der Waals surface area contributed by atoms with Crippen LogP contribution >= 0.6 is 0 Å². The molecular formula is C21H28O4. The first-order chi connectivity index (χ1) is 11.9. The second-order valence-corrected chi connectivity index (χ2v) is 6.71. The molecule has 0 saturated carbocycles. The molecule has 2 aromatic carbocycles. The van der Waals surface area contributed by atoms with E-state index in [2.05, 4.69) is 26.0 Å². The van der Waals surface area contributed by atoms with Crippen LogP contribution in [0.5, 0.6) is 11.5 Å². The lowest BCUT2D eigenvalue weighted by molar-refractivity contribution is 0.0502. The molecule has 136 valence electrons. The Balaban J connectivity index is 2.39. The quantitative estimate of drug-likeness (QED) is 0.739. The molecule has 0 saturated heterocycles. The molecule has 0 aliphatic rings. The fraction of sp³-hybridized carbons (Fsp3) is 0.429. The van der Waals surface area contributed by atoms with Crippen molar-refractivity contribution in [2.45, 2.75) is 46.6 Å². The lowest BCUT2D eigenvalue weighted by Crippen LogP contribution is -2.05. The minimum absolute atomic E-state index is 0.160. The number of ether oxygens (including phenoxy) is 2. The lowest BCUT2D eigenvalue weighted by atomic mass is 9.90. The summed E-state index contributed by atoms with van der Waals surface area (Å²) in [7, 11) is 1.61. The monoisotopic (exact) mass is 344 g/mol. The Morgan fingerprint density at radius 2 is 1.80 bits per heavy atom. The van der Waals surface area contributed by atoms with Crippen molar-refractivity contribution in [3.63, 3.8) is 0 Å². The molecule has 0 radical (unpaired) electrons. The van der Waals surface area contributed by atoms with Crippen molar-refractivity contribution in [1.29, 1.82) is 0 Å². The van der Waals surface area contributed by atoms with Crippen LogP contribution in [0.15, 0.2) is 24.3 Å². The smallest absolute Gasteiger partial charge is 0.188 e. The highest BCUT2D eigenvalue weighted by Gasteiger charge is 2.14. The summed E-state index contributed by atoms with van der Waals surface area (Å²) in [5, 5.41) is 19.5. The zero-order valence-electron chi connectivity index (χ0n) is 15.7. The highest BCUT2D eigenvalue weighted by molar-refractivity contribution is 5.50. The van der Waals surface area contributed by atoms with E-state index in [1.54, 1.807) is 13.2 Å².